The molecule has 1 aromatic carbocycles. The van der Waals surface area contributed by atoms with Gasteiger partial charge in [-0.1, -0.05) is 29.8 Å². The molecule has 2 N–H and O–H groups in total. The quantitative estimate of drug-likeness (QED) is 0.858. The zero-order chi connectivity index (χ0) is 13.7. The van der Waals surface area contributed by atoms with Gasteiger partial charge in [0.25, 0.3) is 0 Å². The van der Waals surface area contributed by atoms with Crippen LogP contribution in [0.1, 0.15) is 30.4 Å². The maximum Gasteiger partial charge on any atom is 0.404 e. The van der Waals surface area contributed by atoms with Crippen LogP contribution in [0.15, 0.2) is 24.3 Å². The number of carbonyl (C=O) groups is 1. The van der Waals surface area contributed by atoms with Gasteiger partial charge in [-0.2, -0.15) is 0 Å². The highest BCUT2D eigenvalue weighted by atomic mass is 16.5. The zero-order valence-electron chi connectivity index (χ0n) is 11.3. The summed E-state index contributed by atoms with van der Waals surface area (Å²) in [5.41, 5.74) is 2.55. The highest BCUT2D eigenvalue weighted by Gasteiger charge is 2.26. The fourth-order valence-electron chi connectivity index (χ4n) is 2.50. The molecule has 4 heteroatoms. The summed E-state index contributed by atoms with van der Waals surface area (Å²) in [7, 11) is 0. The molecule has 0 radical (unpaired) electrons. The molecule has 4 nitrogen and oxygen atoms in total. The normalized spacial score (nSPS) is 22.4. The summed E-state index contributed by atoms with van der Waals surface area (Å²) in [4.78, 5) is 10.5. The first-order valence-corrected chi connectivity index (χ1v) is 6.80. The van der Waals surface area contributed by atoms with Crippen LogP contribution in [-0.4, -0.2) is 30.0 Å². The van der Waals surface area contributed by atoms with Gasteiger partial charge in [-0.05, 0) is 38.2 Å². The van der Waals surface area contributed by atoms with Crippen molar-refractivity contribution in [2.75, 3.05) is 6.61 Å². The average Bonchev–Trinajstić information content (AvgIpc) is 2.78. The van der Waals surface area contributed by atoms with Crippen LogP contribution >= 0.6 is 0 Å². The minimum Gasteiger partial charge on any atom is -0.465 e. The summed E-state index contributed by atoms with van der Waals surface area (Å²) in [6.07, 6.45) is 2.78. The van der Waals surface area contributed by atoms with Crippen molar-refractivity contribution in [1.29, 1.82) is 0 Å². The first-order valence-electron chi connectivity index (χ1n) is 6.80. The number of nitrogens with one attached hydrogen (secondary N) is 1. The summed E-state index contributed by atoms with van der Waals surface area (Å²) >= 11 is 0. The van der Waals surface area contributed by atoms with Crippen molar-refractivity contribution in [2.45, 2.75) is 44.8 Å². The topological polar surface area (TPSA) is 58.6 Å². The van der Waals surface area contributed by atoms with E-state index in [0.29, 0.717) is 6.61 Å². The van der Waals surface area contributed by atoms with Crippen molar-refractivity contribution in [3.05, 3.63) is 35.4 Å². The van der Waals surface area contributed by atoms with E-state index in [2.05, 4.69) is 36.5 Å². The average molecular weight is 263 g/mol. The fraction of sp³-hybridized carbons (Fsp3) is 0.533. The summed E-state index contributed by atoms with van der Waals surface area (Å²) in [6.45, 7) is 2.78. The minimum absolute atomic E-state index is 0.0573. The summed E-state index contributed by atoms with van der Waals surface area (Å²) in [5.74, 6) is 0. The molecule has 104 valence electrons. The zero-order valence-corrected chi connectivity index (χ0v) is 11.3. The third kappa shape index (κ3) is 4.56. The molecule has 1 fully saturated rings. The smallest absolute Gasteiger partial charge is 0.404 e. The molecule has 0 bridgehead atoms. The molecule has 1 amide bonds. The Morgan fingerprint density at radius 1 is 1.37 bits per heavy atom. The van der Waals surface area contributed by atoms with Crippen molar-refractivity contribution < 1.29 is 14.6 Å². The number of carboxylic acid groups (broad SMARTS) is 1. The van der Waals surface area contributed by atoms with E-state index >= 15 is 0 Å². The van der Waals surface area contributed by atoms with Crippen molar-refractivity contribution in [3.8, 4) is 0 Å². The molecule has 1 aliphatic rings. The van der Waals surface area contributed by atoms with E-state index in [-0.39, 0.29) is 12.1 Å². The second kappa shape index (κ2) is 6.57. The molecule has 0 aliphatic heterocycles. The van der Waals surface area contributed by atoms with Gasteiger partial charge < -0.3 is 15.2 Å². The van der Waals surface area contributed by atoms with Gasteiger partial charge in [-0.15, -0.1) is 0 Å². The lowest BCUT2D eigenvalue weighted by Gasteiger charge is -2.12. The molecular weight excluding hydrogens is 242 g/mol. The maximum atomic E-state index is 10.5. The van der Waals surface area contributed by atoms with Gasteiger partial charge in [0.15, 0.2) is 0 Å². The Balaban J connectivity index is 1.66. The van der Waals surface area contributed by atoms with Crippen molar-refractivity contribution >= 4 is 6.09 Å². The molecule has 0 heterocycles. The number of hydrogen-bond donors (Lipinski definition) is 2. The van der Waals surface area contributed by atoms with Crippen molar-refractivity contribution in [1.82, 2.24) is 5.32 Å². The van der Waals surface area contributed by atoms with Crippen LogP contribution in [0.5, 0.6) is 0 Å². The molecule has 1 aliphatic carbocycles. The van der Waals surface area contributed by atoms with E-state index in [1.165, 1.54) is 11.1 Å². The van der Waals surface area contributed by atoms with Crippen LogP contribution < -0.4 is 5.32 Å². The number of benzene rings is 1. The third-order valence-corrected chi connectivity index (χ3v) is 3.58. The van der Waals surface area contributed by atoms with Crippen molar-refractivity contribution in [2.24, 2.45) is 0 Å². The Morgan fingerprint density at radius 3 is 2.79 bits per heavy atom. The Morgan fingerprint density at radius 2 is 2.11 bits per heavy atom. The second-order valence-corrected chi connectivity index (χ2v) is 5.19. The number of ether oxygens (including phenoxy) is 1. The molecule has 1 saturated carbocycles. The molecule has 1 aromatic rings. The van der Waals surface area contributed by atoms with Crippen LogP contribution in [0.25, 0.3) is 0 Å². The molecule has 0 aromatic heterocycles. The number of amides is 1. The highest BCUT2D eigenvalue weighted by Crippen LogP contribution is 2.22. The molecule has 2 unspecified atom stereocenters. The molecule has 0 saturated heterocycles. The predicted octanol–water partition coefficient (Wildman–Crippen LogP) is 2.74. The lowest BCUT2D eigenvalue weighted by Crippen LogP contribution is -2.31. The van der Waals surface area contributed by atoms with Gasteiger partial charge >= 0.3 is 6.09 Å². The van der Waals surface area contributed by atoms with E-state index in [1.807, 2.05) is 0 Å². The molecular formula is C15H21NO3. The Bertz CT molecular complexity index is 416. The SMILES string of the molecule is Cc1ccc(CCOC2CCC(NC(=O)O)C2)cc1. The van der Waals surface area contributed by atoms with Gasteiger partial charge in [-0.25, -0.2) is 4.79 Å². The maximum absolute atomic E-state index is 10.5. The minimum atomic E-state index is -0.940. The van der Waals surface area contributed by atoms with E-state index in [0.717, 1.165) is 25.7 Å². The molecule has 19 heavy (non-hydrogen) atoms. The lowest BCUT2D eigenvalue weighted by atomic mass is 10.1. The predicted molar refractivity (Wildman–Crippen MR) is 73.4 cm³/mol. The van der Waals surface area contributed by atoms with Crippen LogP contribution in [0, 0.1) is 6.92 Å². The van der Waals surface area contributed by atoms with Crippen LogP contribution in [-0.2, 0) is 11.2 Å². The molecule has 2 atom stereocenters. The Kier molecular flexibility index (Phi) is 4.80. The van der Waals surface area contributed by atoms with Crippen LogP contribution in [0.2, 0.25) is 0 Å². The fourth-order valence-corrected chi connectivity index (χ4v) is 2.50. The standard InChI is InChI=1S/C15H21NO3/c1-11-2-4-12(5-3-11)8-9-19-14-7-6-13(10-14)16-15(17)18/h2-5,13-14,16H,6-10H2,1H3,(H,17,18). The first kappa shape index (κ1) is 13.9. The first-order chi connectivity index (χ1) is 9.13. The largest absolute Gasteiger partial charge is 0.465 e. The van der Waals surface area contributed by atoms with E-state index in [1.54, 1.807) is 0 Å². The number of hydrogen-bond acceptors (Lipinski definition) is 2. The third-order valence-electron chi connectivity index (χ3n) is 3.58. The van der Waals surface area contributed by atoms with E-state index < -0.39 is 6.09 Å². The van der Waals surface area contributed by atoms with Gasteiger partial charge in [0, 0.05) is 6.04 Å². The van der Waals surface area contributed by atoms with Crippen molar-refractivity contribution in [3.63, 3.8) is 0 Å². The Labute approximate surface area is 113 Å². The summed E-state index contributed by atoms with van der Waals surface area (Å²) in [6, 6.07) is 8.53. The number of rotatable bonds is 5. The van der Waals surface area contributed by atoms with E-state index in [4.69, 9.17) is 9.84 Å². The van der Waals surface area contributed by atoms with Crippen LogP contribution in [0.3, 0.4) is 0 Å². The number of aryl methyl sites for hydroxylation is 1. The lowest BCUT2D eigenvalue weighted by molar-refractivity contribution is 0.0590. The monoisotopic (exact) mass is 263 g/mol. The van der Waals surface area contributed by atoms with Gasteiger partial charge in [0.1, 0.15) is 0 Å². The van der Waals surface area contributed by atoms with Gasteiger partial charge in [0.05, 0.1) is 12.7 Å². The second-order valence-electron chi connectivity index (χ2n) is 5.19. The highest BCUT2D eigenvalue weighted by molar-refractivity contribution is 5.64. The van der Waals surface area contributed by atoms with Gasteiger partial charge in [0.2, 0.25) is 0 Å². The van der Waals surface area contributed by atoms with Gasteiger partial charge in [-0.3, -0.25) is 0 Å². The van der Waals surface area contributed by atoms with Crippen LogP contribution in [0.4, 0.5) is 4.79 Å². The summed E-state index contributed by atoms with van der Waals surface area (Å²) < 4.78 is 5.82. The summed E-state index contributed by atoms with van der Waals surface area (Å²) in [5, 5.41) is 11.2. The molecule has 2 rings (SSSR count). The molecule has 0 spiro atoms. The van der Waals surface area contributed by atoms with E-state index in [9.17, 15) is 4.79 Å². The Hall–Kier alpha value is -1.55.